The van der Waals surface area contributed by atoms with Crippen LogP contribution in [0.15, 0.2) is 11.6 Å². The average molecular weight is 378 g/mol. The molecule has 150 valence electrons. The Bertz CT molecular complexity index is 713. The Balaban J connectivity index is 1.73. The molecule has 0 aromatic rings. The second-order valence-electron chi connectivity index (χ2n) is 9.71. The van der Waals surface area contributed by atoms with Crippen LogP contribution in [-0.2, 0) is 9.59 Å². The number of allylic oxidation sites excluding steroid dienone is 1. The van der Waals surface area contributed by atoms with E-state index in [1.807, 2.05) is 6.92 Å². The van der Waals surface area contributed by atoms with Gasteiger partial charge in [0.25, 0.3) is 0 Å². The van der Waals surface area contributed by atoms with E-state index in [-0.39, 0.29) is 41.8 Å². The van der Waals surface area contributed by atoms with Crippen LogP contribution in [0.25, 0.3) is 0 Å². The maximum absolute atomic E-state index is 12.4. The molecule has 0 radical (unpaired) electrons. The van der Waals surface area contributed by atoms with E-state index in [2.05, 4.69) is 6.92 Å². The van der Waals surface area contributed by atoms with E-state index in [4.69, 9.17) is 0 Å². The molecule has 0 bridgehead atoms. The molecule has 6 heteroatoms. The highest BCUT2D eigenvalue weighted by atomic mass is 16.5. The van der Waals surface area contributed by atoms with E-state index in [9.17, 15) is 30.0 Å². The third-order valence-electron chi connectivity index (χ3n) is 8.69. The third-order valence-corrected chi connectivity index (χ3v) is 8.69. The Labute approximate surface area is 159 Å². The molecule has 0 heterocycles. The second kappa shape index (κ2) is 5.96. The van der Waals surface area contributed by atoms with Crippen molar-refractivity contribution in [3.63, 3.8) is 0 Å². The topological polar surface area (TPSA) is 115 Å². The summed E-state index contributed by atoms with van der Waals surface area (Å²) in [5, 5.41) is 41.2. The van der Waals surface area contributed by atoms with Crippen LogP contribution in [0.5, 0.6) is 0 Å². The van der Waals surface area contributed by atoms with Gasteiger partial charge in [0.15, 0.2) is 5.78 Å². The molecule has 0 aromatic heterocycles. The van der Waals surface area contributed by atoms with Gasteiger partial charge in [-0.3, -0.25) is 9.59 Å². The minimum Gasteiger partial charge on any atom is -0.393 e. The normalized spacial score (nSPS) is 49.3. The first kappa shape index (κ1) is 19.2. The summed E-state index contributed by atoms with van der Waals surface area (Å²) >= 11 is 0. The summed E-state index contributed by atoms with van der Waals surface area (Å²) in [6.07, 6.45) is 2.80. The predicted molar refractivity (Wildman–Crippen MR) is 96.3 cm³/mol. The van der Waals surface area contributed by atoms with Gasteiger partial charge >= 0.3 is 0 Å². The zero-order chi connectivity index (χ0) is 19.8. The van der Waals surface area contributed by atoms with E-state index >= 15 is 0 Å². The van der Waals surface area contributed by atoms with E-state index in [0.717, 1.165) is 24.8 Å². The van der Waals surface area contributed by atoms with Crippen molar-refractivity contribution in [3.05, 3.63) is 11.6 Å². The summed E-state index contributed by atoms with van der Waals surface area (Å²) in [5.41, 5.74) is -1.79. The monoisotopic (exact) mass is 378 g/mol. The Morgan fingerprint density at radius 3 is 2.56 bits per heavy atom. The number of carbonyl (C=O) groups is 2. The fourth-order valence-electron chi connectivity index (χ4n) is 7.31. The molecule has 4 N–H and O–H groups in total. The standard InChI is InChI=1S/C21H30O6/c1-19-7-5-12(22)9-11(19)3-4-13-14-6-8-21(27,17(24)18(25)26)20(14,2)10-15(23)16(13)19/h9,13-16,18,23,25-27H,3-8,10H2,1-2H3/t13-,14+,15+,16+,19+,20+,21+/m1/s1. The number of carbonyl (C=O) groups excluding carboxylic acids is 2. The van der Waals surface area contributed by atoms with Gasteiger partial charge in [-0.15, -0.1) is 0 Å². The molecule has 0 saturated heterocycles. The lowest BCUT2D eigenvalue weighted by molar-refractivity contribution is -0.196. The van der Waals surface area contributed by atoms with Crippen LogP contribution in [0, 0.1) is 28.6 Å². The quantitative estimate of drug-likeness (QED) is 0.535. The van der Waals surface area contributed by atoms with Crippen molar-refractivity contribution in [3.8, 4) is 0 Å². The van der Waals surface area contributed by atoms with E-state index in [1.54, 1.807) is 6.08 Å². The number of Topliss-reactive ketones (excluding diaryl/α,β-unsaturated/α-hetero) is 1. The molecule has 27 heavy (non-hydrogen) atoms. The van der Waals surface area contributed by atoms with Crippen LogP contribution in [0.2, 0.25) is 0 Å². The summed E-state index contributed by atoms with van der Waals surface area (Å²) in [7, 11) is 0. The van der Waals surface area contributed by atoms with E-state index < -0.39 is 29.2 Å². The van der Waals surface area contributed by atoms with Gasteiger partial charge in [0, 0.05) is 11.8 Å². The highest BCUT2D eigenvalue weighted by Gasteiger charge is 2.68. The smallest absolute Gasteiger partial charge is 0.220 e. The molecular formula is C21H30O6. The zero-order valence-corrected chi connectivity index (χ0v) is 16.0. The lowest BCUT2D eigenvalue weighted by atomic mass is 9.45. The molecule has 3 fully saturated rings. The van der Waals surface area contributed by atoms with Crippen LogP contribution in [0.1, 0.15) is 58.8 Å². The Hall–Kier alpha value is -1.08. The van der Waals surface area contributed by atoms with Gasteiger partial charge in [-0.1, -0.05) is 19.4 Å². The summed E-state index contributed by atoms with van der Waals surface area (Å²) in [6, 6.07) is 0. The lowest BCUT2D eigenvalue weighted by Gasteiger charge is -2.60. The number of ketones is 2. The summed E-state index contributed by atoms with van der Waals surface area (Å²) < 4.78 is 0. The van der Waals surface area contributed by atoms with Gasteiger partial charge in [0.1, 0.15) is 5.60 Å². The van der Waals surface area contributed by atoms with Gasteiger partial charge in [-0.05, 0) is 67.8 Å². The highest BCUT2D eigenvalue weighted by Crippen LogP contribution is 2.67. The lowest BCUT2D eigenvalue weighted by Crippen LogP contribution is -2.62. The minimum absolute atomic E-state index is 0.000164. The fourth-order valence-corrected chi connectivity index (χ4v) is 7.31. The van der Waals surface area contributed by atoms with Crippen LogP contribution < -0.4 is 0 Å². The minimum atomic E-state index is -2.21. The molecule has 0 amide bonds. The fraction of sp³-hybridized carbons (Fsp3) is 0.810. The highest BCUT2D eigenvalue weighted by molar-refractivity contribution is 5.92. The molecule has 0 aromatic carbocycles. The number of fused-ring (bicyclic) bond motifs is 5. The molecule has 0 unspecified atom stereocenters. The summed E-state index contributed by atoms with van der Waals surface area (Å²) in [6.45, 7) is 3.97. The van der Waals surface area contributed by atoms with Crippen molar-refractivity contribution >= 4 is 11.6 Å². The average Bonchev–Trinajstić information content (AvgIpc) is 2.86. The van der Waals surface area contributed by atoms with Crippen molar-refractivity contribution in [1.29, 1.82) is 0 Å². The van der Waals surface area contributed by atoms with Crippen LogP contribution in [-0.4, -0.2) is 50.0 Å². The summed E-state index contributed by atoms with van der Waals surface area (Å²) in [5.74, 6) is -0.612. The third kappa shape index (κ3) is 2.40. The maximum Gasteiger partial charge on any atom is 0.220 e. The van der Waals surface area contributed by atoms with Crippen LogP contribution in [0.4, 0.5) is 0 Å². The van der Waals surface area contributed by atoms with Crippen molar-refractivity contribution in [2.24, 2.45) is 28.6 Å². The second-order valence-corrected chi connectivity index (χ2v) is 9.71. The van der Waals surface area contributed by atoms with E-state index in [1.165, 1.54) is 0 Å². The van der Waals surface area contributed by atoms with Crippen LogP contribution >= 0.6 is 0 Å². The Morgan fingerprint density at radius 1 is 1.19 bits per heavy atom. The zero-order valence-electron chi connectivity index (χ0n) is 16.0. The first-order valence-electron chi connectivity index (χ1n) is 10.1. The predicted octanol–water partition coefficient (Wildman–Crippen LogP) is 1.10. The van der Waals surface area contributed by atoms with Crippen molar-refractivity contribution in [2.45, 2.75) is 76.8 Å². The molecule has 0 aliphatic heterocycles. The molecule has 4 aliphatic rings. The molecule has 4 aliphatic carbocycles. The Morgan fingerprint density at radius 2 is 1.89 bits per heavy atom. The molecular weight excluding hydrogens is 348 g/mol. The van der Waals surface area contributed by atoms with Gasteiger partial charge in [-0.2, -0.15) is 0 Å². The largest absolute Gasteiger partial charge is 0.393 e. The Kier molecular flexibility index (Phi) is 4.25. The molecule has 7 atom stereocenters. The van der Waals surface area contributed by atoms with Gasteiger partial charge in [0.05, 0.1) is 6.10 Å². The number of aliphatic hydroxyl groups excluding tert-OH is 2. The first-order chi connectivity index (χ1) is 12.5. The maximum atomic E-state index is 12.4. The van der Waals surface area contributed by atoms with Crippen LogP contribution in [0.3, 0.4) is 0 Å². The molecule has 4 rings (SSSR count). The van der Waals surface area contributed by atoms with Gasteiger partial charge in [0.2, 0.25) is 12.1 Å². The van der Waals surface area contributed by atoms with Gasteiger partial charge in [-0.25, -0.2) is 0 Å². The molecule has 3 saturated carbocycles. The first-order valence-corrected chi connectivity index (χ1v) is 10.1. The number of rotatable bonds is 2. The van der Waals surface area contributed by atoms with Gasteiger partial charge < -0.3 is 20.4 Å². The van der Waals surface area contributed by atoms with Crippen molar-refractivity contribution < 1.29 is 30.0 Å². The number of hydrogen-bond acceptors (Lipinski definition) is 6. The summed E-state index contributed by atoms with van der Waals surface area (Å²) in [4.78, 5) is 24.3. The molecule has 0 spiro atoms. The SMILES string of the molecule is C[C@]12CCC(=O)C=C1CC[C@H]1[C@H]2[C@@H](O)C[C@@]2(C)[C@H]1CC[C@]2(O)C(=O)C(O)O. The number of hydrogen-bond donors (Lipinski definition) is 4. The van der Waals surface area contributed by atoms with Crippen molar-refractivity contribution in [1.82, 2.24) is 0 Å². The molecule has 6 nitrogen and oxygen atoms in total. The number of aliphatic hydroxyl groups is 4. The van der Waals surface area contributed by atoms with Crippen molar-refractivity contribution in [2.75, 3.05) is 0 Å². The van der Waals surface area contributed by atoms with E-state index in [0.29, 0.717) is 12.8 Å².